The van der Waals surface area contributed by atoms with Crippen LogP contribution in [-0.4, -0.2) is 10.9 Å². The number of nitrogens with one attached hydrogen (secondary N) is 1. The Bertz CT molecular complexity index is 788. The second kappa shape index (κ2) is 6.94. The van der Waals surface area contributed by atoms with Gasteiger partial charge in [-0.15, -0.1) is 0 Å². The molecule has 0 aliphatic carbocycles. The first-order chi connectivity index (χ1) is 11.2. The third-order valence-electron chi connectivity index (χ3n) is 3.08. The molecule has 0 saturated heterocycles. The molecule has 0 aliphatic rings. The summed E-state index contributed by atoms with van der Waals surface area (Å²) in [7, 11) is 0. The van der Waals surface area contributed by atoms with Crippen molar-refractivity contribution in [2.24, 2.45) is 0 Å². The van der Waals surface area contributed by atoms with Crippen molar-refractivity contribution < 1.29 is 9.53 Å². The number of amides is 1. The quantitative estimate of drug-likeness (QED) is 0.703. The number of hydrogen-bond donors (Lipinski definition) is 1. The van der Waals surface area contributed by atoms with E-state index in [-0.39, 0.29) is 5.91 Å². The number of carbonyl (C=O) groups excluding carboxylic acids is 1. The second-order valence-electron chi connectivity index (χ2n) is 4.76. The molecule has 3 rings (SSSR count). The largest absolute Gasteiger partial charge is 0.457 e. The van der Waals surface area contributed by atoms with Gasteiger partial charge in [-0.3, -0.25) is 4.79 Å². The van der Waals surface area contributed by atoms with Gasteiger partial charge in [-0.25, -0.2) is 4.98 Å². The van der Waals surface area contributed by atoms with Crippen molar-refractivity contribution in [3.8, 4) is 11.5 Å². The van der Waals surface area contributed by atoms with Gasteiger partial charge in [0, 0.05) is 11.9 Å². The maximum atomic E-state index is 12.1. The summed E-state index contributed by atoms with van der Waals surface area (Å²) in [6.07, 6.45) is 1.44. The van der Waals surface area contributed by atoms with E-state index in [4.69, 9.17) is 16.3 Å². The lowest BCUT2D eigenvalue weighted by atomic mass is 10.2. The first-order valence-corrected chi connectivity index (χ1v) is 7.34. The van der Waals surface area contributed by atoms with E-state index in [0.717, 1.165) is 5.75 Å². The van der Waals surface area contributed by atoms with Crippen LogP contribution in [0.2, 0.25) is 5.15 Å². The molecule has 2 aromatic carbocycles. The number of rotatable bonds is 4. The van der Waals surface area contributed by atoms with Crippen molar-refractivity contribution in [2.45, 2.75) is 0 Å². The predicted molar refractivity (Wildman–Crippen MR) is 90.2 cm³/mol. The molecule has 0 aliphatic heterocycles. The summed E-state index contributed by atoms with van der Waals surface area (Å²) >= 11 is 5.70. The Kier molecular flexibility index (Phi) is 4.54. The highest BCUT2D eigenvalue weighted by Gasteiger charge is 2.06. The minimum Gasteiger partial charge on any atom is -0.457 e. The van der Waals surface area contributed by atoms with Crippen LogP contribution in [0.25, 0.3) is 0 Å². The van der Waals surface area contributed by atoms with E-state index in [1.54, 1.807) is 36.4 Å². The highest BCUT2D eigenvalue weighted by Crippen LogP contribution is 2.22. The van der Waals surface area contributed by atoms with E-state index in [1.807, 2.05) is 30.3 Å². The zero-order valence-corrected chi connectivity index (χ0v) is 12.8. The molecule has 0 unspecified atom stereocenters. The van der Waals surface area contributed by atoms with Crippen molar-refractivity contribution in [3.05, 3.63) is 83.6 Å². The molecule has 0 fully saturated rings. The molecule has 1 heterocycles. The lowest BCUT2D eigenvalue weighted by molar-refractivity contribution is 0.102. The number of ether oxygens (including phenoxy) is 1. The van der Waals surface area contributed by atoms with E-state index in [1.165, 1.54) is 6.20 Å². The number of carbonyl (C=O) groups is 1. The molecular weight excluding hydrogens is 312 g/mol. The summed E-state index contributed by atoms with van der Waals surface area (Å²) in [5.41, 5.74) is 1.12. The van der Waals surface area contributed by atoms with Crippen LogP contribution in [0, 0.1) is 0 Å². The van der Waals surface area contributed by atoms with Gasteiger partial charge in [0.1, 0.15) is 16.7 Å². The molecule has 0 atom stereocenters. The van der Waals surface area contributed by atoms with Gasteiger partial charge in [0.2, 0.25) is 0 Å². The van der Waals surface area contributed by atoms with E-state index in [9.17, 15) is 4.79 Å². The molecule has 4 nitrogen and oxygen atoms in total. The Balaban J connectivity index is 1.65. The molecule has 1 amide bonds. The van der Waals surface area contributed by atoms with Crippen LogP contribution in [-0.2, 0) is 0 Å². The zero-order valence-electron chi connectivity index (χ0n) is 12.1. The number of anilines is 1. The van der Waals surface area contributed by atoms with Gasteiger partial charge < -0.3 is 10.1 Å². The Morgan fingerprint density at radius 2 is 1.61 bits per heavy atom. The molecule has 0 saturated carbocycles. The smallest absolute Gasteiger partial charge is 0.257 e. The van der Waals surface area contributed by atoms with Gasteiger partial charge in [0.15, 0.2) is 0 Å². The fraction of sp³-hybridized carbons (Fsp3) is 0. The molecule has 1 N–H and O–H groups in total. The first-order valence-electron chi connectivity index (χ1n) is 6.96. The highest BCUT2D eigenvalue weighted by atomic mass is 35.5. The number of benzene rings is 2. The summed E-state index contributed by atoms with van der Waals surface area (Å²) in [5.74, 6) is 1.21. The Morgan fingerprint density at radius 3 is 2.26 bits per heavy atom. The molecule has 5 heteroatoms. The molecule has 0 radical (unpaired) electrons. The van der Waals surface area contributed by atoms with Gasteiger partial charge in [-0.1, -0.05) is 29.8 Å². The first kappa shape index (κ1) is 15.1. The third kappa shape index (κ3) is 4.08. The van der Waals surface area contributed by atoms with Crippen molar-refractivity contribution in [2.75, 3.05) is 5.32 Å². The van der Waals surface area contributed by atoms with Crippen LogP contribution in [0.3, 0.4) is 0 Å². The fourth-order valence-corrected chi connectivity index (χ4v) is 2.06. The van der Waals surface area contributed by atoms with Crippen LogP contribution < -0.4 is 10.1 Å². The van der Waals surface area contributed by atoms with Gasteiger partial charge in [0.25, 0.3) is 5.91 Å². The maximum Gasteiger partial charge on any atom is 0.257 e. The number of nitrogens with zero attached hydrogens (tertiary/aromatic N) is 1. The average molecular weight is 325 g/mol. The van der Waals surface area contributed by atoms with Crippen molar-refractivity contribution in [1.29, 1.82) is 0 Å². The molecule has 3 aromatic rings. The topological polar surface area (TPSA) is 51.2 Å². The van der Waals surface area contributed by atoms with Gasteiger partial charge in [-0.2, -0.15) is 0 Å². The minimum atomic E-state index is -0.245. The Labute approximate surface area is 138 Å². The average Bonchev–Trinajstić information content (AvgIpc) is 2.58. The lowest BCUT2D eigenvalue weighted by Crippen LogP contribution is -2.11. The normalized spacial score (nSPS) is 10.1. The third-order valence-corrected chi connectivity index (χ3v) is 3.30. The number of hydrogen-bond acceptors (Lipinski definition) is 3. The Hall–Kier alpha value is -2.85. The van der Waals surface area contributed by atoms with Gasteiger partial charge in [0.05, 0.1) is 5.56 Å². The second-order valence-corrected chi connectivity index (χ2v) is 5.15. The van der Waals surface area contributed by atoms with Crippen LogP contribution in [0.1, 0.15) is 10.4 Å². The van der Waals surface area contributed by atoms with Crippen molar-refractivity contribution in [1.82, 2.24) is 4.98 Å². The van der Waals surface area contributed by atoms with Crippen molar-refractivity contribution in [3.63, 3.8) is 0 Å². The van der Waals surface area contributed by atoms with E-state index in [2.05, 4.69) is 10.3 Å². The SMILES string of the molecule is O=C(Nc1ccc(Oc2ccccc2)cc1)c1ccc(Cl)nc1. The standard InChI is InChI=1S/C18H13ClN2O2/c19-17-11-6-13(12-20-17)18(22)21-14-7-9-16(10-8-14)23-15-4-2-1-3-5-15/h1-12H,(H,21,22). The van der Waals surface area contributed by atoms with E-state index < -0.39 is 0 Å². The van der Waals surface area contributed by atoms with E-state index >= 15 is 0 Å². The van der Waals surface area contributed by atoms with Gasteiger partial charge in [-0.05, 0) is 48.5 Å². The van der Waals surface area contributed by atoms with Crippen LogP contribution >= 0.6 is 11.6 Å². The summed E-state index contributed by atoms with van der Waals surface area (Å²) in [5, 5.41) is 3.14. The number of para-hydroxylation sites is 1. The summed E-state index contributed by atoms with van der Waals surface area (Å²) in [6.45, 7) is 0. The molecule has 0 bridgehead atoms. The van der Waals surface area contributed by atoms with Crippen LogP contribution in [0.5, 0.6) is 11.5 Å². The maximum absolute atomic E-state index is 12.1. The molecule has 1 aromatic heterocycles. The van der Waals surface area contributed by atoms with Crippen LogP contribution in [0.4, 0.5) is 5.69 Å². The fourth-order valence-electron chi connectivity index (χ4n) is 1.94. The number of halogens is 1. The van der Waals surface area contributed by atoms with E-state index in [0.29, 0.717) is 22.2 Å². The molecule has 114 valence electrons. The zero-order chi connectivity index (χ0) is 16.1. The highest BCUT2D eigenvalue weighted by molar-refractivity contribution is 6.29. The number of pyridine rings is 1. The lowest BCUT2D eigenvalue weighted by Gasteiger charge is -2.08. The minimum absolute atomic E-state index is 0.245. The summed E-state index contributed by atoms with van der Waals surface area (Å²) < 4.78 is 5.70. The molecular formula is C18H13ClN2O2. The summed E-state index contributed by atoms with van der Waals surface area (Å²) in [4.78, 5) is 16.0. The monoisotopic (exact) mass is 324 g/mol. The predicted octanol–water partition coefficient (Wildman–Crippen LogP) is 4.78. The molecule has 0 spiro atoms. The molecule has 23 heavy (non-hydrogen) atoms. The number of aromatic nitrogens is 1. The summed E-state index contributed by atoms with van der Waals surface area (Å²) in [6, 6.07) is 19.8. The van der Waals surface area contributed by atoms with Crippen molar-refractivity contribution >= 4 is 23.2 Å². The van der Waals surface area contributed by atoms with Crippen LogP contribution in [0.15, 0.2) is 72.9 Å². The Morgan fingerprint density at radius 1 is 0.913 bits per heavy atom. The van der Waals surface area contributed by atoms with Gasteiger partial charge >= 0.3 is 0 Å².